The van der Waals surface area contributed by atoms with Crippen molar-refractivity contribution >= 4 is 35.6 Å². The van der Waals surface area contributed by atoms with Crippen LogP contribution in [-0.2, 0) is 35.2 Å². The Morgan fingerprint density at radius 1 is 0.848 bits per heavy atom. The Morgan fingerprint density at radius 3 is 1.94 bits per heavy atom. The van der Waals surface area contributed by atoms with Gasteiger partial charge in [-0.05, 0) is 12.5 Å². The first kappa shape index (κ1) is 27.0. The van der Waals surface area contributed by atoms with Crippen LogP contribution in [0.4, 0.5) is 0 Å². The van der Waals surface area contributed by atoms with E-state index in [1.54, 1.807) is 30.3 Å². The number of aliphatic carboxylic acids is 2. The van der Waals surface area contributed by atoms with E-state index in [0.717, 1.165) is 0 Å². The maximum Gasteiger partial charge on any atom is 0.326 e. The van der Waals surface area contributed by atoms with Crippen LogP contribution in [0.5, 0.6) is 0 Å². The van der Waals surface area contributed by atoms with Crippen molar-refractivity contribution in [2.45, 2.75) is 50.4 Å². The Labute approximate surface area is 188 Å². The Balaban J connectivity index is 2.79. The molecule has 33 heavy (non-hydrogen) atoms. The molecule has 0 saturated carbocycles. The summed E-state index contributed by atoms with van der Waals surface area (Å²) >= 11 is 0. The van der Waals surface area contributed by atoms with E-state index in [0.29, 0.717) is 5.56 Å². The van der Waals surface area contributed by atoms with Gasteiger partial charge < -0.3 is 37.6 Å². The van der Waals surface area contributed by atoms with Gasteiger partial charge in [0.05, 0.1) is 18.9 Å². The summed E-state index contributed by atoms with van der Waals surface area (Å²) in [6.07, 6.45) is -1.36. The highest BCUT2D eigenvalue weighted by atomic mass is 16.4. The number of nitrogens with two attached hydrogens (primary N) is 2. The van der Waals surface area contributed by atoms with Crippen LogP contribution in [0, 0.1) is 0 Å². The summed E-state index contributed by atoms with van der Waals surface area (Å²) in [6.45, 7) is 1.26. The topological polar surface area (TPSA) is 231 Å². The number of carboxylic acid groups (broad SMARTS) is 2. The van der Waals surface area contributed by atoms with E-state index in [-0.39, 0.29) is 6.42 Å². The third-order valence-corrected chi connectivity index (χ3v) is 4.42. The molecule has 0 aliphatic heterocycles. The molecule has 0 aliphatic carbocycles. The molecule has 9 N–H and O–H groups in total. The molecule has 180 valence electrons. The van der Waals surface area contributed by atoms with Gasteiger partial charge >= 0.3 is 11.9 Å². The van der Waals surface area contributed by atoms with Gasteiger partial charge in [-0.15, -0.1) is 0 Å². The molecule has 0 aliphatic rings. The molecule has 0 bridgehead atoms. The second kappa shape index (κ2) is 12.8. The van der Waals surface area contributed by atoms with Crippen LogP contribution in [0.25, 0.3) is 0 Å². The van der Waals surface area contributed by atoms with Gasteiger partial charge in [-0.25, -0.2) is 4.79 Å². The van der Waals surface area contributed by atoms with Crippen molar-refractivity contribution in [1.82, 2.24) is 16.0 Å². The van der Waals surface area contributed by atoms with Crippen LogP contribution in [0.3, 0.4) is 0 Å². The molecule has 0 aromatic heterocycles. The molecule has 0 spiro atoms. The number of hydrogen-bond donors (Lipinski definition) is 7. The lowest BCUT2D eigenvalue weighted by Crippen LogP contribution is -2.57. The summed E-state index contributed by atoms with van der Waals surface area (Å²) in [6, 6.07) is 3.01. The maximum absolute atomic E-state index is 12.5. The zero-order valence-electron chi connectivity index (χ0n) is 17.8. The van der Waals surface area contributed by atoms with Gasteiger partial charge in [-0.1, -0.05) is 30.3 Å². The molecule has 1 aromatic rings. The summed E-state index contributed by atoms with van der Waals surface area (Å²) in [4.78, 5) is 70.4. The predicted octanol–water partition coefficient (Wildman–Crippen LogP) is -2.53. The fourth-order valence-electron chi connectivity index (χ4n) is 2.70. The molecule has 4 amide bonds. The Hall–Kier alpha value is -4.00. The molecule has 0 heterocycles. The van der Waals surface area contributed by atoms with Crippen LogP contribution in [0.2, 0.25) is 0 Å². The molecule has 0 fully saturated rings. The molecule has 13 heteroatoms. The maximum atomic E-state index is 12.5. The quantitative estimate of drug-likeness (QED) is 0.162. The van der Waals surface area contributed by atoms with Crippen molar-refractivity contribution in [1.29, 1.82) is 0 Å². The minimum Gasteiger partial charge on any atom is -0.481 e. The Morgan fingerprint density at radius 2 is 1.42 bits per heavy atom. The minimum atomic E-state index is -1.61. The van der Waals surface area contributed by atoms with Crippen molar-refractivity contribution < 1.29 is 39.0 Å². The Kier molecular flexibility index (Phi) is 10.5. The van der Waals surface area contributed by atoms with Crippen molar-refractivity contribution in [3.63, 3.8) is 0 Å². The first-order chi connectivity index (χ1) is 15.4. The van der Waals surface area contributed by atoms with E-state index in [9.17, 15) is 33.9 Å². The van der Waals surface area contributed by atoms with E-state index in [1.165, 1.54) is 6.92 Å². The van der Waals surface area contributed by atoms with Gasteiger partial charge in [0, 0.05) is 6.42 Å². The lowest BCUT2D eigenvalue weighted by atomic mass is 10.1. The number of benzene rings is 1. The highest BCUT2D eigenvalue weighted by Gasteiger charge is 2.30. The molecule has 1 rings (SSSR count). The number of rotatable bonds is 13. The Bertz CT molecular complexity index is 892. The third-order valence-electron chi connectivity index (χ3n) is 4.42. The molecule has 0 radical (unpaired) electrons. The minimum absolute atomic E-state index is 0.00196. The second-order valence-corrected chi connectivity index (χ2v) is 7.26. The van der Waals surface area contributed by atoms with E-state index in [4.69, 9.17) is 16.6 Å². The zero-order valence-corrected chi connectivity index (χ0v) is 17.8. The first-order valence-corrected chi connectivity index (χ1v) is 9.84. The molecular weight excluding hydrogens is 438 g/mol. The van der Waals surface area contributed by atoms with Crippen LogP contribution in [0.1, 0.15) is 25.3 Å². The molecule has 13 nitrogen and oxygen atoms in total. The number of carboxylic acids is 2. The molecule has 4 unspecified atom stereocenters. The van der Waals surface area contributed by atoms with Gasteiger partial charge in [0.15, 0.2) is 0 Å². The zero-order chi connectivity index (χ0) is 25.1. The summed E-state index contributed by atoms with van der Waals surface area (Å²) in [5.74, 6) is -6.42. The van der Waals surface area contributed by atoms with Gasteiger partial charge in [-0.3, -0.25) is 24.0 Å². The van der Waals surface area contributed by atoms with E-state index >= 15 is 0 Å². The SMILES string of the molecule is CC(NC(=O)C(CC(=O)O)NC(=O)C(N)CC(N)=O)C(=O)NC(Cc1ccccc1)C(=O)O. The van der Waals surface area contributed by atoms with Crippen molar-refractivity contribution in [2.24, 2.45) is 11.5 Å². The fourth-order valence-corrected chi connectivity index (χ4v) is 2.70. The lowest BCUT2D eigenvalue weighted by molar-refractivity contribution is -0.143. The van der Waals surface area contributed by atoms with E-state index < -0.39 is 72.6 Å². The fraction of sp³-hybridized carbons (Fsp3) is 0.400. The predicted molar refractivity (Wildman–Crippen MR) is 113 cm³/mol. The molecule has 1 aromatic carbocycles. The van der Waals surface area contributed by atoms with Crippen molar-refractivity contribution in [3.8, 4) is 0 Å². The van der Waals surface area contributed by atoms with Gasteiger partial charge in [0.25, 0.3) is 0 Å². The van der Waals surface area contributed by atoms with Crippen LogP contribution in [-0.4, -0.2) is 69.9 Å². The molecule has 0 saturated heterocycles. The second-order valence-electron chi connectivity index (χ2n) is 7.26. The third kappa shape index (κ3) is 9.78. The summed E-state index contributed by atoms with van der Waals surface area (Å²) in [5, 5.41) is 25.0. The van der Waals surface area contributed by atoms with E-state index in [2.05, 4.69) is 16.0 Å². The largest absolute Gasteiger partial charge is 0.481 e. The standard InChI is InChI=1S/C20H27N5O8/c1-10(17(29)25-14(20(32)33)7-11-5-3-2-4-6-11)23-19(31)13(9-16(27)28)24-18(30)12(21)8-15(22)26/h2-6,10,12-14H,7-9,21H2,1H3,(H2,22,26)(H,23,31)(H,24,30)(H,25,29)(H,27,28)(H,32,33). The van der Waals surface area contributed by atoms with Crippen molar-refractivity contribution in [3.05, 3.63) is 35.9 Å². The van der Waals surface area contributed by atoms with Crippen LogP contribution >= 0.6 is 0 Å². The lowest BCUT2D eigenvalue weighted by Gasteiger charge is -2.22. The number of nitrogens with one attached hydrogen (secondary N) is 3. The number of hydrogen-bond acceptors (Lipinski definition) is 7. The summed E-state index contributed by atoms with van der Waals surface area (Å²) < 4.78 is 0. The van der Waals surface area contributed by atoms with Crippen molar-refractivity contribution in [2.75, 3.05) is 0 Å². The average Bonchev–Trinajstić information content (AvgIpc) is 2.72. The summed E-state index contributed by atoms with van der Waals surface area (Å²) in [7, 11) is 0. The van der Waals surface area contributed by atoms with E-state index in [1.807, 2.05) is 0 Å². The summed E-state index contributed by atoms with van der Waals surface area (Å²) in [5.41, 5.74) is 11.1. The van der Waals surface area contributed by atoms with Crippen LogP contribution < -0.4 is 27.4 Å². The van der Waals surface area contributed by atoms with Gasteiger partial charge in [0.1, 0.15) is 18.1 Å². The van der Waals surface area contributed by atoms with Crippen LogP contribution in [0.15, 0.2) is 30.3 Å². The number of carbonyl (C=O) groups is 6. The van der Waals surface area contributed by atoms with Gasteiger partial charge in [0.2, 0.25) is 23.6 Å². The highest BCUT2D eigenvalue weighted by Crippen LogP contribution is 2.04. The number of primary amides is 1. The molecular formula is C20H27N5O8. The highest BCUT2D eigenvalue weighted by molar-refractivity contribution is 5.96. The first-order valence-electron chi connectivity index (χ1n) is 9.84. The number of amides is 4. The smallest absolute Gasteiger partial charge is 0.326 e. The average molecular weight is 465 g/mol. The normalized spacial score (nSPS) is 14.1. The number of carbonyl (C=O) groups excluding carboxylic acids is 4. The monoisotopic (exact) mass is 465 g/mol. The molecule has 4 atom stereocenters. The van der Waals surface area contributed by atoms with Gasteiger partial charge in [-0.2, -0.15) is 0 Å².